The fraction of sp³-hybridized carbons (Fsp3) is 0.133. The number of methoxy groups -OCH3 is 1. The van der Waals surface area contributed by atoms with Crippen LogP contribution in [0.4, 0.5) is 5.69 Å². The second kappa shape index (κ2) is 6.77. The molecule has 0 unspecified atom stereocenters. The van der Waals surface area contributed by atoms with Crippen molar-refractivity contribution in [2.24, 2.45) is 0 Å². The first-order chi connectivity index (χ1) is 9.63. The Kier molecular flexibility index (Phi) is 5.04. The van der Waals surface area contributed by atoms with Crippen molar-refractivity contribution in [1.82, 2.24) is 0 Å². The van der Waals surface area contributed by atoms with Crippen molar-refractivity contribution in [2.45, 2.75) is 5.88 Å². The minimum absolute atomic E-state index is 0.179. The molecule has 0 aromatic heterocycles. The molecule has 2 aromatic rings. The van der Waals surface area contributed by atoms with Crippen molar-refractivity contribution in [2.75, 3.05) is 12.4 Å². The number of anilines is 1. The van der Waals surface area contributed by atoms with Gasteiger partial charge < -0.3 is 10.1 Å². The van der Waals surface area contributed by atoms with E-state index >= 15 is 0 Å². The number of carbonyl (C=O) groups excluding carboxylic acids is 1. The van der Waals surface area contributed by atoms with Crippen LogP contribution in [0.2, 0.25) is 0 Å². The minimum atomic E-state index is -0.179. The predicted octanol–water partition coefficient (Wildman–Crippen LogP) is 4.45. The maximum atomic E-state index is 12.2. The number of amides is 1. The Bertz CT molecular complexity index is 631. The summed E-state index contributed by atoms with van der Waals surface area (Å²) < 4.78 is 6.03. The number of hydrogen-bond acceptors (Lipinski definition) is 2. The van der Waals surface area contributed by atoms with Gasteiger partial charge in [0.15, 0.2) is 0 Å². The molecule has 0 bridgehead atoms. The summed E-state index contributed by atoms with van der Waals surface area (Å²) in [7, 11) is 1.58. The van der Waals surface area contributed by atoms with Gasteiger partial charge in [-0.1, -0.05) is 12.1 Å². The molecule has 0 saturated carbocycles. The van der Waals surface area contributed by atoms with Crippen molar-refractivity contribution < 1.29 is 9.53 Å². The van der Waals surface area contributed by atoms with E-state index in [1.165, 1.54) is 0 Å². The summed E-state index contributed by atoms with van der Waals surface area (Å²) in [5, 5.41) is 2.83. The second-order valence-corrected chi connectivity index (χ2v) is 5.26. The van der Waals surface area contributed by atoms with Crippen molar-refractivity contribution >= 4 is 39.1 Å². The molecule has 0 atom stereocenters. The molecule has 104 valence electrons. The fourth-order valence-corrected chi connectivity index (χ4v) is 2.31. The molecule has 0 aliphatic heterocycles. The smallest absolute Gasteiger partial charge is 0.255 e. The third-order valence-corrected chi connectivity index (χ3v) is 3.72. The number of alkyl halides is 1. The van der Waals surface area contributed by atoms with E-state index in [1.54, 1.807) is 31.4 Å². The van der Waals surface area contributed by atoms with Crippen LogP contribution in [-0.2, 0) is 5.88 Å². The van der Waals surface area contributed by atoms with E-state index in [4.69, 9.17) is 16.3 Å². The molecule has 0 aliphatic rings. The van der Waals surface area contributed by atoms with Gasteiger partial charge in [0.25, 0.3) is 5.91 Å². The Hall–Kier alpha value is -1.52. The van der Waals surface area contributed by atoms with Gasteiger partial charge >= 0.3 is 0 Å². The molecule has 0 fully saturated rings. The average molecular weight is 355 g/mol. The maximum Gasteiger partial charge on any atom is 0.255 e. The fourth-order valence-electron chi connectivity index (χ4n) is 1.74. The van der Waals surface area contributed by atoms with Gasteiger partial charge in [0, 0.05) is 23.2 Å². The number of ether oxygens (including phenoxy) is 1. The second-order valence-electron chi connectivity index (χ2n) is 4.14. The number of halogens is 2. The molecule has 0 aliphatic carbocycles. The molecule has 0 spiro atoms. The van der Waals surface area contributed by atoms with E-state index in [1.807, 2.05) is 18.2 Å². The summed E-state index contributed by atoms with van der Waals surface area (Å²) >= 11 is 9.14. The van der Waals surface area contributed by atoms with Gasteiger partial charge in [0.1, 0.15) is 5.75 Å². The van der Waals surface area contributed by atoms with Gasteiger partial charge in [-0.05, 0) is 45.8 Å². The summed E-state index contributed by atoms with van der Waals surface area (Å²) in [4.78, 5) is 12.2. The van der Waals surface area contributed by atoms with Gasteiger partial charge in [0.2, 0.25) is 0 Å². The summed E-state index contributed by atoms with van der Waals surface area (Å²) in [5.41, 5.74) is 2.16. The monoisotopic (exact) mass is 353 g/mol. The largest absolute Gasteiger partial charge is 0.495 e. The van der Waals surface area contributed by atoms with Crippen LogP contribution in [0, 0.1) is 0 Å². The number of rotatable bonds is 4. The molecular formula is C15H13BrClNO2. The average Bonchev–Trinajstić information content (AvgIpc) is 2.49. The first kappa shape index (κ1) is 14.9. The van der Waals surface area contributed by atoms with E-state index in [9.17, 15) is 4.79 Å². The quantitative estimate of drug-likeness (QED) is 0.824. The zero-order chi connectivity index (χ0) is 14.5. The predicted molar refractivity (Wildman–Crippen MR) is 84.6 cm³/mol. The molecule has 0 radical (unpaired) electrons. The number of benzene rings is 2. The Morgan fingerprint density at radius 2 is 2.10 bits per heavy atom. The van der Waals surface area contributed by atoms with Gasteiger partial charge in [0.05, 0.1) is 11.6 Å². The third-order valence-electron chi connectivity index (χ3n) is 2.75. The number of nitrogens with one attached hydrogen (secondary N) is 1. The Morgan fingerprint density at radius 1 is 1.30 bits per heavy atom. The lowest BCUT2D eigenvalue weighted by atomic mass is 10.1. The summed E-state index contributed by atoms with van der Waals surface area (Å²) in [6.07, 6.45) is 0. The van der Waals surface area contributed by atoms with Crippen LogP contribution in [0.3, 0.4) is 0 Å². The van der Waals surface area contributed by atoms with Crippen molar-refractivity contribution in [3.8, 4) is 5.75 Å². The van der Waals surface area contributed by atoms with Crippen LogP contribution in [0.5, 0.6) is 5.75 Å². The SMILES string of the molecule is COc1cc(NC(=O)c2cccc(CCl)c2)ccc1Br. The van der Waals surface area contributed by atoms with Crippen LogP contribution >= 0.6 is 27.5 Å². The molecule has 5 heteroatoms. The highest BCUT2D eigenvalue weighted by Gasteiger charge is 2.08. The first-order valence-corrected chi connectivity index (χ1v) is 7.26. The summed E-state index contributed by atoms with van der Waals surface area (Å²) in [5.74, 6) is 0.867. The van der Waals surface area contributed by atoms with E-state index in [0.29, 0.717) is 22.9 Å². The minimum Gasteiger partial charge on any atom is -0.495 e. The zero-order valence-corrected chi connectivity index (χ0v) is 13.2. The van der Waals surface area contributed by atoms with Crippen molar-refractivity contribution in [3.63, 3.8) is 0 Å². The van der Waals surface area contributed by atoms with Gasteiger partial charge in [-0.2, -0.15) is 0 Å². The molecule has 2 aromatic carbocycles. The molecule has 3 nitrogen and oxygen atoms in total. The topological polar surface area (TPSA) is 38.3 Å². The summed E-state index contributed by atoms with van der Waals surface area (Å²) in [6.45, 7) is 0. The highest BCUT2D eigenvalue weighted by atomic mass is 79.9. The van der Waals surface area contributed by atoms with Gasteiger partial charge in [-0.3, -0.25) is 4.79 Å². The van der Waals surface area contributed by atoms with E-state index < -0.39 is 0 Å². The number of carbonyl (C=O) groups is 1. The lowest BCUT2D eigenvalue weighted by Gasteiger charge is -2.09. The summed E-state index contributed by atoms with van der Waals surface area (Å²) in [6, 6.07) is 12.6. The van der Waals surface area contributed by atoms with Crippen LogP contribution in [0.25, 0.3) is 0 Å². The number of hydrogen-bond donors (Lipinski definition) is 1. The first-order valence-electron chi connectivity index (χ1n) is 5.94. The Balaban J connectivity index is 2.18. The molecule has 1 N–H and O–H groups in total. The normalized spacial score (nSPS) is 10.2. The zero-order valence-electron chi connectivity index (χ0n) is 10.8. The Morgan fingerprint density at radius 3 is 2.80 bits per heavy atom. The molecule has 1 amide bonds. The van der Waals surface area contributed by atoms with E-state index in [2.05, 4.69) is 21.2 Å². The van der Waals surface area contributed by atoms with Crippen molar-refractivity contribution in [1.29, 1.82) is 0 Å². The maximum absolute atomic E-state index is 12.2. The van der Waals surface area contributed by atoms with Crippen LogP contribution < -0.4 is 10.1 Å². The highest BCUT2D eigenvalue weighted by Crippen LogP contribution is 2.28. The molecule has 2 rings (SSSR count). The van der Waals surface area contributed by atoms with E-state index in [-0.39, 0.29) is 5.91 Å². The molecular weight excluding hydrogens is 342 g/mol. The van der Waals surface area contributed by atoms with Gasteiger partial charge in [-0.15, -0.1) is 11.6 Å². The highest BCUT2D eigenvalue weighted by molar-refractivity contribution is 9.10. The van der Waals surface area contributed by atoms with Gasteiger partial charge in [-0.25, -0.2) is 0 Å². The van der Waals surface area contributed by atoms with Crippen LogP contribution in [0.1, 0.15) is 15.9 Å². The Labute approximate surface area is 131 Å². The van der Waals surface area contributed by atoms with Crippen LogP contribution in [0.15, 0.2) is 46.9 Å². The van der Waals surface area contributed by atoms with Crippen molar-refractivity contribution in [3.05, 3.63) is 58.1 Å². The standard InChI is InChI=1S/C15H13BrClNO2/c1-20-14-8-12(5-6-13(14)16)18-15(19)11-4-2-3-10(7-11)9-17/h2-8H,9H2,1H3,(H,18,19). The molecule has 20 heavy (non-hydrogen) atoms. The third kappa shape index (κ3) is 3.52. The lowest BCUT2D eigenvalue weighted by Crippen LogP contribution is -2.12. The molecule has 0 heterocycles. The van der Waals surface area contributed by atoms with Crippen LogP contribution in [-0.4, -0.2) is 13.0 Å². The van der Waals surface area contributed by atoms with E-state index in [0.717, 1.165) is 10.0 Å². The molecule has 0 saturated heterocycles. The lowest BCUT2D eigenvalue weighted by molar-refractivity contribution is 0.102.